The first-order valence-corrected chi connectivity index (χ1v) is 16.0. The van der Waals surface area contributed by atoms with Gasteiger partial charge in [-0.25, -0.2) is 0 Å². The highest BCUT2D eigenvalue weighted by atomic mass is 32.1. The van der Waals surface area contributed by atoms with Gasteiger partial charge < -0.3 is 37.3 Å². The SMILES string of the molecule is COC(C)c1ccccc1.N/C(=C\C=C(/N)NC(=O)Cc1cccc(CNC(=O)CC(O)C(F)(F)F)c1)CCCCc1nnc(NC=O)s1. The Morgan fingerprint density at radius 1 is 1.02 bits per heavy atom. The maximum atomic E-state index is 12.4. The zero-order chi connectivity index (χ0) is 36.2. The number of hydrogen-bond acceptors (Lipinski definition) is 10. The van der Waals surface area contributed by atoms with Crippen LogP contribution in [0.25, 0.3) is 0 Å². The number of benzene rings is 2. The van der Waals surface area contributed by atoms with Crippen molar-refractivity contribution in [3.8, 4) is 0 Å². The number of aliphatic hydroxyl groups is 1. The van der Waals surface area contributed by atoms with Crippen LogP contribution >= 0.6 is 11.3 Å². The number of carbonyl (C=O) groups is 3. The van der Waals surface area contributed by atoms with Crippen LogP contribution < -0.4 is 27.4 Å². The highest BCUT2D eigenvalue weighted by Crippen LogP contribution is 2.22. The molecule has 0 aliphatic rings. The molecular formula is C33H42F3N7O5S. The van der Waals surface area contributed by atoms with E-state index in [-0.39, 0.29) is 24.9 Å². The molecule has 2 aromatic carbocycles. The Hall–Kier alpha value is -4.80. The van der Waals surface area contributed by atoms with Crippen LogP contribution in [0, 0.1) is 0 Å². The van der Waals surface area contributed by atoms with Crippen molar-refractivity contribution in [2.75, 3.05) is 12.4 Å². The minimum Gasteiger partial charge on any atom is -0.402 e. The smallest absolute Gasteiger partial charge is 0.402 e. The molecule has 0 fully saturated rings. The molecule has 3 amide bonds. The lowest BCUT2D eigenvalue weighted by molar-refractivity contribution is -0.205. The minimum absolute atomic E-state index is 0.0298. The molecular weight excluding hydrogens is 663 g/mol. The number of aryl methyl sites for hydroxylation is 1. The van der Waals surface area contributed by atoms with Crippen molar-refractivity contribution >= 4 is 34.7 Å². The first-order valence-electron chi connectivity index (χ1n) is 15.2. The average Bonchev–Trinajstić information content (AvgIpc) is 3.52. The summed E-state index contributed by atoms with van der Waals surface area (Å²) in [5.74, 6) is -1.25. The van der Waals surface area contributed by atoms with Crippen LogP contribution in [-0.4, -0.2) is 52.9 Å². The van der Waals surface area contributed by atoms with Crippen molar-refractivity contribution < 1.29 is 37.4 Å². The Balaban J connectivity index is 0.000000709. The molecule has 1 aromatic heterocycles. The number of unbranched alkanes of at least 4 members (excludes halogenated alkanes) is 1. The first-order chi connectivity index (χ1) is 23.3. The molecule has 2 atom stereocenters. The third kappa shape index (κ3) is 16.7. The zero-order valence-corrected chi connectivity index (χ0v) is 28.0. The molecule has 0 bridgehead atoms. The van der Waals surface area contributed by atoms with Crippen LogP contribution in [0.4, 0.5) is 18.3 Å². The number of aromatic nitrogens is 2. The number of ether oxygens (including phenoxy) is 1. The molecule has 49 heavy (non-hydrogen) atoms. The summed E-state index contributed by atoms with van der Waals surface area (Å²) < 4.78 is 42.2. The molecule has 266 valence electrons. The summed E-state index contributed by atoms with van der Waals surface area (Å²) in [7, 11) is 1.72. The van der Waals surface area contributed by atoms with Crippen LogP contribution in [0.2, 0.25) is 0 Å². The molecule has 0 aliphatic carbocycles. The minimum atomic E-state index is -4.87. The summed E-state index contributed by atoms with van der Waals surface area (Å²) in [6.45, 7) is 1.97. The third-order valence-corrected chi connectivity index (χ3v) is 7.66. The summed E-state index contributed by atoms with van der Waals surface area (Å²) in [6, 6.07) is 16.8. The molecule has 16 heteroatoms. The molecule has 0 saturated heterocycles. The lowest BCUT2D eigenvalue weighted by Crippen LogP contribution is -2.35. The molecule has 8 N–H and O–H groups in total. The summed E-state index contributed by atoms with van der Waals surface area (Å²) >= 11 is 1.31. The number of nitrogens with zero attached hydrogens (tertiary/aromatic N) is 2. The largest absolute Gasteiger partial charge is 0.414 e. The lowest BCUT2D eigenvalue weighted by atomic mass is 10.1. The number of alkyl halides is 3. The molecule has 0 radical (unpaired) electrons. The Morgan fingerprint density at radius 2 is 1.73 bits per heavy atom. The number of aliphatic hydroxyl groups excluding tert-OH is 1. The van der Waals surface area contributed by atoms with E-state index < -0.39 is 30.5 Å². The Kier molecular flexibility index (Phi) is 17.5. The van der Waals surface area contributed by atoms with Gasteiger partial charge in [0.15, 0.2) is 6.10 Å². The molecule has 0 saturated carbocycles. The van der Waals surface area contributed by atoms with Crippen molar-refractivity contribution in [1.29, 1.82) is 0 Å². The third-order valence-electron chi connectivity index (χ3n) is 6.74. The molecule has 1 heterocycles. The van der Waals surface area contributed by atoms with E-state index in [1.54, 1.807) is 37.5 Å². The van der Waals surface area contributed by atoms with Crippen molar-refractivity contribution in [2.45, 2.75) is 70.4 Å². The molecule has 3 rings (SSSR count). The van der Waals surface area contributed by atoms with Crippen molar-refractivity contribution in [2.24, 2.45) is 11.5 Å². The summed E-state index contributed by atoms with van der Waals surface area (Å²) in [4.78, 5) is 34.4. The molecule has 12 nitrogen and oxygen atoms in total. The Morgan fingerprint density at radius 3 is 2.41 bits per heavy atom. The zero-order valence-electron chi connectivity index (χ0n) is 27.2. The summed E-state index contributed by atoms with van der Waals surface area (Å²) in [5, 5.41) is 25.3. The monoisotopic (exact) mass is 705 g/mol. The molecule has 3 aromatic rings. The van der Waals surface area contributed by atoms with Crippen LogP contribution in [0.1, 0.15) is 60.4 Å². The van der Waals surface area contributed by atoms with E-state index in [9.17, 15) is 27.6 Å². The second kappa shape index (κ2) is 21.2. The number of methoxy groups -OCH3 is 1. The van der Waals surface area contributed by atoms with E-state index in [4.69, 9.17) is 21.3 Å². The first kappa shape index (κ1) is 40.4. The number of nitrogens with one attached hydrogen (secondary N) is 3. The van der Waals surface area contributed by atoms with Crippen molar-refractivity contribution in [3.05, 3.63) is 100.0 Å². The van der Waals surface area contributed by atoms with E-state index in [1.165, 1.54) is 23.0 Å². The molecule has 0 aliphatic heterocycles. The van der Waals surface area contributed by atoms with Gasteiger partial charge in [0, 0.05) is 25.8 Å². The van der Waals surface area contributed by atoms with Gasteiger partial charge in [0.1, 0.15) is 10.8 Å². The molecule has 2 unspecified atom stereocenters. The predicted octanol–water partition coefficient (Wildman–Crippen LogP) is 4.14. The van der Waals surface area contributed by atoms with E-state index in [2.05, 4.69) is 38.3 Å². The van der Waals surface area contributed by atoms with E-state index in [0.29, 0.717) is 41.2 Å². The normalized spacial score (nSPS) is 13.0. The van der Waals surface area contributed by atoms with Crippen molar-refractivity contribution in [1.82, 2.24) is 20.8 Å². The fourth-order valence-electron chi connectivity index (χ4n) is 4.05. The van der Waals surface area contributed by atoms with Crippen molar-refractivity contribution in [3.63, 3.8) is 0 Å². The summed E-state index contributed by atoms with van der Waals surface area (Å²) in [5.41, 5.74) is 14.8. The van der Waals surface area contributed by atoms with Crippen LogP contribution in [-0.2, 0) is 38.5 Å². The molecule has 0 spiro atoms. The standard InChI is InChI=1S/C24H30F3N7O4S.C9H12O/c25-24(26,27)18(36)12-20(37)30-13-16-5-3-4-15(10-16)11-21(38)32-19(29)9-8-17(28)6-1-2-7-22-33-34-23(39-22)31-14-35;1-8(10-2)9-6-4-3-5-7-9/h3-5,8-10,14,18,36H,1-2,6-7,11-13,28-29H2,(H,30,37)(H,32,38)(H,31,34,35);3-8H,1-2H3/b17-8-,19-9+;. The number of hydrogen-bond donors (Lipinski definition) is 6. The summed E-state index contributed by atoms with van der Waals surface area (Å²) in [6.07, 6.45) is -1.97. The van der Waals surface area contributed by atoms with Gasteiger partial charge in [0.2, 0.25) is 23.4 Å². The number of rotatable bonds is 17. The van der Waals surface area contributed by atoms with Gasteiger partial charge in [-0.1, -0.05) is 65.9 Å². The van der Waals surface area contributed by atoms with Gasteiger partial charge in [0.25, 0.3) is 0 Å². The van der Waals surface area contributed by atoms with E-state index in [1.807, 2.05) is 25.1 Å². The van der Waals surface area contributed by atoms with E-state index in [0.717, 1.165) is 17.8 Å². The fourth-order valence-corrected chi connectivity index (χ4v) is 4.79. The predicted molar refractivity (Wildman–Crippen MR) is 180 cm³/mol. The number of allylic oxidation sites excluding steroid dienone is 3. The number of amides is 3. The van der Waals surface area contributed by atoms with Gasteiger partial charge in [0.05, 0.1) is 18.9 Å². The quantitative estimate of drug-likeness (QED) is 0.0680. The Bertz CT molecular complexity index is 1530. The van der Waals surface area contributed by atoms with Gasteiger partial charge in [-0.3, -0.25) is 14.4 Å². The topological polar surface area (TPSA) is 195 Å². The lowest BCUT2D eigenvalue weighted by Gasteiger charge is -2.14. The second-order valence-electron chi connectivity index (χ2n) is 10.7. The number of carbonyl (C=O) groups excluding carboxylic acids is 3. The second-order valence-corrected chi connectivity index (χ2v) is 11.8. The number of nitrogens with two attached hydrogens (primary N) is 2. The van der Waals surface area contributed by atoms with Gasteiger partial charge >= 0.3 is 6.18 Å². The fraction of sp³-hybridized carbons (Fsp3) is 0.364. The number of anilines is 1. The maximum Gasteiger partial charge on any atom is 0.414 e. The van der Waals surface area contributed by atoms with Gasteiger partial charge in [-0.15, -0.1) is 10.2 Å². The van der Waals surface area contributed by atoms with Crippen LogP contribution in [0.5, 0.6) is 0 Å². The van der Waals surface area contributed by atoms with Gasteiger partial charge in [-0.2, -0.15) is 13.2 Å². The number of halogens is 3. The average molecular weight is 706 g/mol. The highest BCUT2D eigenvalue weighted by Gasteiger charge is 2.39. The van der Waals surface area contributed by atoms with Crippen LogP contribution in [0.15, 0.2) is 78.3 Å². The highest BCUT2D eigenvalue weighted by molar-refractivity contribution is 7.15. The van der Waals surface area contributed by atoms with Gasteiger partial charge in [-0.05, 0) is 55.0 Å². The van der Waals surface area contributed by atoms with E-state index >= 15 is 0 Å². The Labute approximate surface area is 286 Å². The van der Waals surface area contributed by atoms with Crippen LogP contribution in [0.3, 0.4) is 0 Å². The maximum absolute atomic E-state index is 12.4.